The van der Waals surface area contributed by atoms with Gasteiger partial charge in [0, 0.05) is 19.0 Å². The Morgan fingerprint density at radius 1 is 1.30 bits per heavy atom. The maximum absolute atomic E-state index is 12.2. The Balaban J connectivity index is 1.98. The van der Waals surface area contributed by atoms with Gasteiger partial charge in [0.2, 0.25) is 0 Å². The van der Waals surface area contributed by atoms with E-state index in [-0.39, 0.29) is 12.0 Å². The maximum Gasteiger partial charge on any atom is 0.410 e. The summed E-state index contributed by atoms with van der Waals surface area (Å²) < 4.78 is 10.6. The van der Waals surface area contributed by atoms with E-state index < -0.39 is 11.7 Å². The highest BCUT2D eigenvalue weighted by Gasteiger charge is 2.32. The van der Waals surface area contributed by atoms with E-state index in [0.29, 0.717) is 19.5 Å². The lowest BCUT2D eigenvalue weighted by molar-refractivity contribution is -0.00823. The second-order valence-corrected chi connectivity index (χ2v) is 7.09. The van der Waals surface area contributed by atoms with Crippen molar-refractivity contribution >= 4 is 6.09 Å². The number of aliphatic hydroxyl groups excluding tert-OH is 1. The highest BCUT2D eigenvalue weighted by Crippen LogP contribution is 2.24. The van der Waals surface area contributed by atoms with Crippen LogP contribution in [0.4, 0.5) is 4.79 Å². The Kier molecular flexibility index (Phi) is 5.52. The summed E-state index contributed by atoms with van der Waals surface area (Å²) in [6, 6.07) is 7.82. The lowest BCUT2D eigenvalue weighted by atomic mass is 9.89. The molecule has 128 valence electrons. The minimum absolute atomic E-state index is 0.0182. The molecule has 0 radical (unpaired) electrons. The average Bonchev–Trinajstić information content (AvgIpc) is 2.48. The van der Waals surface area contributed by atoms with Crippen LogP contribution in [0.25, 0.3) is 0 Å². The molecule has 0 aromatic heterocycles. The van der Waals surface area contributed by atoms with Gasteiger partial charge in [-0.05, 0) is 51.3 Å². The fourth-order valence-corrected chi connectivity index (χ4v) is 2.78. The molecule has 2 rings (SSSR count). The summed E-state index contributed by atoms with van der Waals surface area (Å²) in [6.07, 6.45) is 0.616. The second kappa shape index (κ2) is 7.21. The van der Waals surface area contributed by atoms with E-state index in [1.165, 1.54) is 0 Å². The molecule has 0 unspecified atom stereocenters. The number of nitrogens with zero attached hydrogens (tertiary/aromatic N) is 1. The second-order valence-electron chi connectivity index (χ2n) is 7.09. The number of amides is 1. The van der Waals surface area contributed by atoms with Gasteiger partial charge in [-0.3, -0.25) is 0 Å². The number of rotatable bonds is 3. The first-order valence-electron chi connectivity index (χ1n) is 8.07. The predicted octanol–water partition coefficient (Wildman–Crippen LogP) is 2.86. The van der Waals surface area contributed by atoms with Crippen LogP contribution in [-0.4, -0.2) is 48.0 Å². The van der Waals surface area contributed by atoms with Crippen LogP contribution < -0.4 is 4.74 Å². The first-order valence-corrected chi connectivity index (χ1v) is 8.07. The lowest BCUT2D eigenvalue weighted by Crippen LogP contribution is -2.48. The van der Waals surface area contributed by atoms with Crippen molar-refractivity contribution in [3.63, 3.8) is 0 Å². The van der Waals surface area contributed by atoms with Gasteiger partial charge in [0.15, 0.2) is 0 Å². The summed E-state index contributed by atoms with van der Waals surface area (Å²) >= 11 is 0. The summed E-state index contributed by atoms with van der Waals surface area (Å²) in [5.74, 6) is 0.831. The molecule has 2 atom stereocenters. The normalized spacial score (nSPS) is 21.9. The molecule has 1 aromatic rings. The number of methoxy groups -OCH3 is 1. The van der Waals surface area contributed by atoms with E-state index in [9.17, 15) is 9.90 Å². The van der Waals surface area contributed by atoms with Crippen LogP contribution in [0.15, 0.2) is 24.3 Å². The molecular weight excluding hydrogens is 294 g/mol. The maximum atomic E-state index is 12.2. The zero-order chi connectivity index (χ0) is 17.0. The van der Waals surface area contributed by atoms with E-state index >= 15 is 0 Å². The van der Waals surface area contributed by atoms with Crippen LogP contribution in [0, 0.1) is 5.92 Å². The van der Waals surface area contributed by atoms with Crippen LogP contribution in [-0.2, 0) is 11.2 Å². The molecule has 1 fully saturated rings. The van der Waals surface area contributed by atoms with Crippen molar-refractivity contribution in [2.45, 2.75) is 45.3 Å². The molecule has 5 nitrogen and oxygen atoms in total. The van der Waals surface area contributed by atoms with E-state index in [2.05, 4.69) is 0 Å². The van der Waals surface area contributed by atoms with E-state index in [4.69, 9.17) is 9.47 Å². The summed E-state index contributed by atoms with van der Waals surface area (Å²) in [5.41, 5.74) is 0.624. The Morgan fingerprint density at radius 3 is 2.52 bits per heavy atom. The molecule has 0 bridgehead atoms. The number of hydrogen-bond donors (Lipinski definition) is 1. The minimum Gasteiger partial charge on any atom is -0.497 e. The Labute approximate surface area is 138 Å². The van der Waals surface area contributed by atoms with E-state index in [1.54, 1.807) is 12.0 Å². The monoisotopic (exact) mass is 321 g/mol. The third-order valence-corrected chi connectivity index (χ3v) is 4.00. The van der Waals surface area contributed by atoms with Gasteiger partial charge in [-0.2, -0.15) is 0 Å². The number of aliphatic hydroxyl groups is 1. The van der Waals surface area contributed by atoms with Gasteiger partial charge in [-0.15, -0.1) is 0 Å². The molecule has 1 aliphatic heterocycles. The number of benzene rings is 1. The number of carbonyl (C=O) groups is 1. The molecule has 1 aliphatic rings. The van der Waals surface area contributed by atoms with Crippen molar-refractivity contribution in [2.75, 3.05) is 20.2 Å². The largest absolute Gasteiger partial charge is 0.497 e. The lowest BCUT2D eigenvalue weighted by Gasteiger charge is -2.37. The molecule has 0 spiro atoms. The van der Waals surface area contributed by atoms with Crippen LogP contribution in [0.5, 0.6) is 5.75 Å². The van der Waals surface area contributed by atoms with Gasteiger partial charge in [0.05, 0.1) is 13.2 Å². The first kappa shape index (κ1) is 17.6. The van der Waals surface area contributed by atoms with Crippen molar-refractivity contribution in [3.05, 3.63) is 29.8 Å². The van der Waals surface area contributed by atoms with Crippen LogP contribution in [0.1, 0.15) is 32.8 Å². The molecule has 1 N–H and O–H groups in total. The molecule has 1 amide bonds. The number of likely N-dealkylation sites (tertiary alicyclic amines) is 1. The van der Waals surface area contributed by atoms with Crippen LogP contribution in [0.3, 0.4) is 0 Å². The number of hydrogen-bond acceptors (Lipinski definition) is 4. The number of ether oxygens (including phenoxy) is 2. The highest BCUT2D eigenvalue weighted by molar-refractivity contribution is 5.68. The Hall–Kier alpha value is -1.75. The zero-order valence-corrected chi connectivity index (χ0v) is 14.4. The van der Waals surface area contributed by atoms with Crippen molar-refractivity contribution in [1.82, 2.24) is 4.90 Å². The highest BCUT2D eigenvalue weighted by atomic mass is 16.6. The summed E-state index contributed by atoms with van der Waals surface area (Å²) in [6.45, 7) is 6.63. The summed E-state index contributed by atoms with van der Waals surface area (Å²) in [5, 5.41) is 10.3. The predicted molar refractivity (Wildman–Crippen MR) is 88.6 cm³/mol. The van der Waals surface area contributed by atoms with Crippen molar-refractivity contribution in [1.29, 1.82) is 0 Å². The Bertz CT molecular complexity index is 521. The molecule has 23 heavy (non-hydrogen) atoms. The van der Waals surface area contributed by atoms with Gasteiger partial charge < -0.3 is 19.5 Å². The van der Waals surface area contributed by atoms with Gasteiger partial charge in [0.1, 0.15) is 11.4 Å². The summed E-state index contributed by atoms with van der Waals surface area (Å²) in [4.78, 5) is 13.9. The smallest absolute Gasteiger partial charge is 0.410 e. The van der Waals surface area contributed by atoms with Gasteiger partial charge >= 0.3 is 6.09 Å². The SMILES string of the molecule is COc1ccc(C[C@@H]2CN(C(=O)OC(C)(C)C)CC[C@@H]2O)cc1. The minimum atomic E-state index is -0.501. The molecule has 0 saturated carbocycles. The third kappa shape index (κ3) is 5.13. The van der Waals surface area contributed by atoms with E-state index in [1.807, 2.05) is 45.0 Å². The molecule has 1 aromatic carbocycles. The van der Waals surface area contributed by atoms with Crippen LogP contribution >= 0.6 is 0 Å². The topological polar surface area (TPSA) is 59.0 Å². The molecule has 1 heterocycles. The average molecular weight is 321 g/mol. The quantitative estimate of drug-likeness (QED) is 0.930. The van der Waals surface area contributed by atoms with Gasteiger partial charge in [0.25, 0.3) is 0 Å². The molecule has 1 saturated heterocycles. The molecule has 5 heteroatoms. The number of piperidine rings is 1. The number of carbonyl (C=O) groups excluding carboxylic acids is 1. The van der Waals surface area contributed by atoms with Crippen molar-refractivity contribution in [3.8, 4) is 5.75 Å². The third-order valence-electron chi connectivity index (χ3n) is 4.00. The summed E-state index contributed by atoms with van der Waals surface area (Å²) in [7, 11) is 1.64. The van der Waals surface area contributed by atoms with Gasteiger partial charge in [-0.25, -0.2) is 4.79 Å². The van der Waals surface area contributed by atoms with Gasteiger partial charge in [-0.1, -0.05) is 12.1 Å². The molecule has 0 aliphatic carbocycles. The fraction of sp³-hybridized carbons (Fsp3) is 0.611. The first-order chi connectivity index (χ1) is 10.8. The van der Waals surface area contributed by atoms with Crippen molar-refractivity contribution in [2.24, 2.45) is 5.92 Å². The Morgan fingerprint density at radius 2 is 1.96 bits per heavy atom. The zero-order valence-electron chi connectivity index (χ0n) is 14.4. The van der Waals surface area contributed by atoms with Crippen molar-refractivity contribution < 1.29 is 19.4 Å². The molecular formula is C18H27NO4. The standard InChI is InChI=1S/C18H27NO4/c1-18(2,3)23-17(21)19-10-9-16(20)14(12-19)11-13-5-7-15(22-4)8-6-13/h5-8,14,16,20H,9-12H2,1-4H3/t14-,16+/m1/s1. The van der Waals surface area contributed by atoms with E-state index in [0.717, 1.165) is 17.7 Å². The fourth-order valence-electron chi connectivity index (χ4n) is 2.78. The van der Waals surface area contributed by atoms with Crippen LogP contribution in [0.2, 0.25) is 0 Å².